The van der Waals surface area contributed by atoms with Gasteiger partial charge < -0.3 is 24.8 Å². The van der Waals surface area contributed by atoms with Crippen LogP contribution >= 0.6 is 0 Å². The van der Waals surface area contributed by atoms with Crippen molar-refractivity contribution in [3.8, 4) is 17.2 Å². The van der Waals surface area contributed by atoms with Gasteiger partial charge in [-0.05, 0) is 55.7 Å². The lowest BCUT2D eigenvalue weighted by Crippen LogP contribution is -2.38. The lowest BCUT2D eigenvalue weighted by atomic mass is 10.1. The van der Waals surface area contributed by atoms with E-state index in [1.54, 1.807) is 14.2 Å². The summed E-state index contributed by atoms with van der Waals surface area (Å²) >= 11 is 0. The Balaban J connectivity index is 1.93. The molecular weight excluding hydrogens is 354 g/mol. The van der Waals surface area contributed by atoms with Crippen molar-refractivity contribution in [2.45, 2.75) is 26.8 Å². The maximum absolute atomic E-state index is 5.55. The largest absolute Gasteiger partial charge is 0.494 e. The van der Waals surface area contributed by atoms with E-state index >= 15 is 0 Å². The first-order chi connectivity index (χ1) is 13.7. The number of rotatable bonds is 10. The molecule has 0 saturated carbocycles. The minimum absolute atomic E-state index is 0.590. The first-order valence-corrected chi connectivity index (χ1v) is 9.65. The molecular formula is C22H31N3O3. The Labute approximate surface area is 167 Å². The molecule has 28 heavy (non-hydrogen) atoms. The van der Waals surface area contributed by atoms with Gasteiger partial charge in [-0.2, -0.15) is 0 Å². The SMILES string of the molecule is CCNC(=NCc1cccc(OCC)c1)NCCc1ccc(OC)c(OC)c1. The molecule has 0 amide bonds. The van der Waals surface area contributed by atoms with Crippen molar-refractivity contribution >= 4 is 5.96 Å². The van der Waals surface area contributed by atoms with E-state index in [1.807, 2.05) is 43.3 Å². The first kappa shape index (κ1) is 21.4. The fourth-order valence-corrected chi connectivity index (χ4v) is 2.77. The standard InChI is InChI=1S/C22H31N3O3/c1-5-23-22(25-16-18-8-7-9-19(14-18)28-6-2)24-13-12-17-10-11-20(26-3)21(15-17)27-4/h7-11,14-15H,5-6,12-13,16H2,1-4H3,(H2,23,24,25). The lowest BCUT2D eigenvalue weighted by molar-refractivity contribution is 0.340. The van der Waals surface area contributed by atoms with Gasteiger partial charge in [0.15, 0.2) is 17.5 Å². The van der Waals surface area contributed by atoms with Gasteiger partial charge in [-0.15, -0.1) is 0 Å². The van der Waals surface area contributed by atoms with E-state index in [2.05, 4.69) is 28.6 Å². The molecule has 0 saturated heterocycles. The zero-order valence-corrected chi connectivity index (χ0v) is 17.2. The summed E-state index contributed by atoms with van der Waals surface area (Å²) in [6, 6.07) is 14.0. The maximum atomic E-state index is 5.55. The van der Waals surface area contributed by atoms with Gasteiger partial charge in [0.2, 0.25) is 0 Å². The normalized spacial score (nSPS) is 11.1. The Morgan fingerprint density at radius 3 is 2.46 bits per heavy atom. The molecule has 0 unspecified atom stereocenters. The molecule has 0 fully saturated rings. The van der Waals surface area contributed by atoms with E-state index < -0.39 is 0 Å². The summed E-state index contributed by atoms with van der Waals surface area (Å²) < 4.78 is 16.2. The van der Waals surface area contributed by atoms with Crippen LogP contribution in [-0.4, -0.2) is 39.9 Å². The summed E-state index contributed by atoms with van der Waals surface area (Å²) in [5, 5.41) is 6.66. The fourth-order valence-electron chi connectivity index (χ4n) is 2.77. The number of guanidine groups is 1. The highest BCUT2D eigenvalue weighted by Crippen LogP contribution is 2.27. The Morgan fingerprint density at radius 1 is 0.929 bits per heavy atom. The second-order valence-corrected chi connectivity index (χ2v) is 6.14. The van der Waals surface area contributed by atoms with E-state index in [0.29, 0.717) is 13.2 Å². The molecule has 0 aliphatic heterocycles. The Bertz CT molecular complexity index is 762. The van der Waals surface area contributed by atoms with E-state index in [1.165, 1.54) is 5.56 Å². The van der Waals surface area contributed by atoms with Crippen LogP contribution in [0, 0.1) is 0 Å². The fraction of sp³-hybridized carbons (Fsp3) is 0.409. The smallest absolute Gasteiger partial charge is 0.191 e. The van der Waals surface area contributed by atoms with Crippen LogP contribution in [0.15, 0.2) is 47.5 Å². The average molecular weight is 386 g/mol. The second-order valence-electron chi connectivity index (χ2n) is 6.14. The summed E-state index contributed by atoms with van der Waals surface area (Å²) in [6.45, 7) is 6.86. The van der Waals surface area contributed by atoms with E-state index in [0.717, 1.165) is 48.3 Å². The number of benzene rings is 2. The molecule has 6 heteroatoms. The minimum Gasteiger partial charge on any atom is -0.494 e. The molecule has 0 bridgehead atoms. The van der Waals surface area contributed by atoms with Crippen LogP contribution in [0.3, 0.4) is 0 Å². The number of ether oxygens (including phenoxy) is 3. The predicted molar refractivity (Wildman–Crippen MR) is 114 cm³/mol. The Kier molecular flexibility index (Phi) is 8.98. The topological polar surface area (TPSA) is 64.1 Å². The van der Waals surface area contributed by atoms with Crippen molar-refractivity contribution in [1.82, 2.24) is 10.6 Å². The number of nitrogens with one attached hydrogen (secondary N) is 2. The predicted octanol–water partition coefficient (Wildman–Crippen LogP) is 3.40. The number of methoxy groups -OCH3 is 2. The summed E-state index contributed by atoms with van der Waals surface area (Å²) in [5.41, 5.74) is 2.29. The van der Waals surface area contributed by atoms with Gasteiger partial charge in [0, 0.05) is 13.1 Å². The molecule has 0 radical (unpaired) electrons. The monoisotopic (exact) mass is 385 g/mol. The van der Waals surface area contributed by atoms with Crippen molar-refractivity contribution in [3.05, 3.63) is 53.6 Å². The Morgan fingerprint density at radius 2 is 1.75 bits per heavy atom. The molecule has 2 aromatic rings. The number of aliphatic imine (C=N–C) groups is 1. The van der Waals surface area contributed by atoms with Gasteiger partial charge in [0.25, 0.3) is 0 Å². The van der Waals surface area contributed by atoms with Crippen LogP contribution in [0.2, 0.25) is 0 Å². The van der Waals surface area contributed by atoms with Crippen LogP contribution in [0.5, 0.6) is 17.2 Å². The van der Waals surface area contributed by atoms with Crippen LogP contribution < -0.4 is 24.8 Å². The van der Waals surface area contributed by atoms with Gasteiger partial charge in [-0.1, -0.05) is 18.2 Å². The molecule has 0 aromatic heterocycles. The third-order valence-corrected chi connectivity index (χ3v) is 4.13. The zero-order chi connectivity index (χ0) is 20.2. The van der Waals surface area contributed by atoms with Gasteiger partial charge >= 0.3 is 0 Å². The third kappa shape index (κ3) is 6.68. The van der Waals surface area contributed by atoms with Gasteiger partial charge in [-0.3, -0.25) is 0 Å². The van der Waals surface area contributed by atoms with Crippen LogP contribution in [0.4, 0.5) is 0 Å². The van der Waals surface area contributed by atoms with Crippen molar-refractivity contribution < 1.29 is 14.2 Å². The summed E-state index contributed by atoms with van der Waals surface area (Å²) in [7, 11) is 3.29. The zero-order valence-electron chi connectivity index (χ0n) is 17.2. The highest BCUT2D eigenvalue weighted by molar-refractivity contribution is 5.79. The molecule has 0 heterocycles. The number of nitrogens with zero attached hydrogens (tertiary/aromatic N) is 1. The van der Waals surface area contributed by atoms with Crippen molar-refractivity contribution in [1.29, 1.82) is 0 Å². The molecule has 0 aliphatic carbocycles. The highest BCUT2D eigenvalue weighted by atomic mass is 16.5. The molecule has 2 rings (SSSR count). The van der Waals surface area contributed by atoms with Crippen LogP contribution in [0.1, 0.15) is 25.0 Å². The van der Waals surface area contributed by atoms with Gasteiger partial charge in [0.1, 0.15) is 5.75 Å². The number of hydrogen-bond acceptors (Lipinski definition) is 4. The van der Waals surface area contributed by atoms with Gasteiger partial charge in [-0.25, -0.2) is 4.99 Å². The molecule has 0 atom stereocenters. The molecule has 152 valence electrons. The number of hydrogen-bond donors (Lipinski definition) is 2. The molecule has 6 nitrogen and oxygen atoms in total. The van der Waals surface area contributed by atoms with E-state index in [-0.39, 0.29) is 0 Å². The van der Waals surface area contributed by atoms with Gasteiger partial charge in [0.05, 0.1) is 27.4 Å². The summed E-state index contributed by atoms with van der Waals surface area (Å²) in [5.74, 6) is 3.16. The van der Waals surface area contributed by atoms with E-state index in [4.69, 9.17) is 14.2 Å². The maximum Gasteiger partial charge on any atom is 0.191 e. The summed E-state index contributed by atoms with van der Waals surface area (Å²) in [6.07, 6.45) is 0.852. The summed E-state index contributed by atoms with van der Waals surface area (Å²) in [4.78, 5) is 4.67. The van der Waals surface area contributed by atoms with Crippen molar-refractivity contribution in [2.24, 2.45) is 4.99 Å². The Hall–Kier alpha value is -2.89. The molecule has 2 aromatic carbocycles. The molecule has 0 spiro atoms. The minimum atomic E-state index is 0.590. The first-order valence-electron chi connectivity index (χ1n) is 9.65. The second kappa shape index (κ2) is 11.7. The third-order valence-electron chi connectivity index (χ3n) is 4.13. The average Bonchev–Trinajstić information content (AvgIpc) is 2.72. The molecule has 2 N–H and O–H groups in total. The molecule has 0 aliphatic rings. The lowest BCUT2D eigenvalue weighted by Gasteiger charge is -2.13. The van der Waals surface area contributed by atoms with Crippen LogP contribution in [0.25, 0.3) is 0 Å². The van der Waals surface area contributed by atoms with Crippen LogP contribution in [-0.2, 0) is 13.0 Å². The van der Waals surface area contributed by atoms with Crippen molar-refractivity contribution in [3.63, 3.8) is 0 Å². The van der Waals surface area contributed by atoms with Crippen molar-refractivity contribution in [2.75, 3.05) is 33.9 Å². The van der Waals surface area contributed by atoms with E-state index in [9.17, 15) is 0 Å². The highest BCUT2D eigenvalue weighted by Gasteiger charge is 2.05. The quantitative estimate of drug-likeness (QED) is 0.485.